The molecule has 0 spiro atoms. The van der Waals surface area contributed by atoms with Crippen LogP contribution >= 0.6 is 0 Å². The van der Waals surface area contributed by atoms with Crippen LogP contribution in [0.5, 0.6) is 0 Å². The predicted molar refractivity (Wildman–Crippen MR) is 26.3 cm³/mol. The molecule has 2 unspecified atom stereocenters. The van der Waals surface area contributed by atoms with Gasteiger partial charge in [-0.3, -0.25) is 0 Å². The van der Waals surface area contributed by atoms with Crippen molar-refractivity contribution < 1.29 is 13.9 Å². The van der Waals surface area contributed by atoms with Gasteiger partial charge in [0.15, 0.2) is 5.60 Å². The number of rotatable bonds is 1. The average molecular weight is 135 g/mol. The van der Waals surface area contributed by atoms with E-state index in [2.05, 4.69) is 5.32 Å². The van der Waals surface area contributed by atoms with E-state index in [1.807, 2.05) is 0 Å². The molecule has 0 radical (unpaired) electrons. The molecular formula is C5H7F2NO. The SMILES string of the molecule is CC(F)(F)C1(O)C2N[C@H]21. The lowest BCUT2D eigenvalue weighted by Crippen LogP contribution is -2.46. The first-order valence-corrected chi connectivity index (χ1v) is 2.84. The van der Waals surface area contributed by atoms with Gasteiger partial charge < -0.3 is 10.4 Å². The van der Waals surface area contributed by atoms with Crippen LogP contribution in [0.2, 0.25) is 0 Å². The zero-order valence-corrected chi connectivity index (χ0v) is 4.86. The maximum Gasteiger partial charge on any atom is 0.276 e. The molecule has 2 rings (SSSR count). The van der Waals surface area contributed by atoms with Crippen molar-refractivity contribution in [3.05, 3.63) is 0 Å². The van der Waals surface area contributed by atoms with Gasteiger partial charge in [-0.15, -0.1) is 0 Å². The summed E-state index contributed by atoms with van der Waals surface area (Å²) in [4.78, 5) is 0. The van der Waals surface area contributed by atoms with Gasteiger partial charge in [-0.2, -0.15) is 0 Å². The van der Waals surface area contributed by atoms with Crippen LogP contribution in [-0.4, -0.2) is 28.7 Å². The summed E-state index contributed by atoms with van der Waals surface area (Å²) in [6.07, 6.45) is 0. The van der Waals surface area contributed by atoms with Gasteiger partial charge >= 0.3 is 0 Å². The molecule has 3 atom stereocenters. The molecule has 1 saturated heterocycles. The van der Waals surface area contributed by atoms with Gasteiger partial charge in [-0.25, -0.2) is 8.78 Å². The van der Waals surface area contributed by atoms with Crippen molar-refractivity contribution in [1.29, 1.82) is 0 Å². The minimum atomic E-state index is -2.94. The fourth-order valence-electron chi connectivity index (χ4n) is 1.22. The molecule has 0 aromatic heterocycles. The van der Waals surface area contributed by atoms with Crippen LogP contribution in [0.15, 0.2) is 0 Å². The average Bonchev–Trinajstić information content (AvgIpc) is 2.43. The Labute approximate surface area is 50.9 Å². The number of aliphatic hydroxyl groups is 1. The van der Waals surface area contributed by atoms with E-state index < -0.39 is 11.5 Å². The summed E-state index contributed by atoms with van der Waals surface area (Å²) >= 11 is 0. The molecule has 2 nitrogen and oxygen atoms in total. The number of hydrogen-bond acceptors (Lipinski definition) is 2. The van der Waals surface area contributed by atoms with Crippen LogP contribution in [0, 0.1) is 0 Å². The largest absolute Gasteiger partial charge is 0.380 e. The number of hydrogen-bond donors (Lipinski definition) is 2. The first-order valence-electron chi connectivity index (χ1n) is 2.84. The highest BCUT2D eigenvalue weighted by Gasteiger charge is 2.85. The van der Waals surface area contributed by atoms with Gasteiger partial charge in [0, 0.05) is 6.92 Å². The zero-order valence-electron chi connectivity index (χ0n) is 4.86. The van der Waals surface area contributed by atoms with Crippen LogP contribution in [0.4, 0.5) is 8.78 Å². The Kier molecular flexibility index (Phi) is 0.626. The molecule has 1 heterocycles. The van der Waals surface area contributed by atoms with Crippen LogP contribution in [0.1, 0.15) is 6.92 Å². The van der Waals surface area contributed by atoms with Gasteiger partial charge in [0.25, 0.3) is 5.92 Å². The highest BCUT2D eigenvalue weighted by atomic mass is 19.3. The topological polar surface area (TPSA) is 42.2 Å². The first-order chi connectivity index (χ1) is 3.98. The summed E-state index contributed by atoms with van der Waals surface area (Å²) in [5, 5.41) is 11.6. The molecule has 2 fully saturated rings. The molecule has 9 heavy (non-hydrogen) atoms. The molecular weight excluding hydrogens is 128 g/mol. The Morgan fingerprint density at radius 2 is 2.00 bits per heavy atom. The second-order valence-electron chi connectivity index (χ2n) is 2.84. The summed E-state index contributed by atoms with van der Waals surface area (Å²) in [5.41, 5.74) is -1.70. The first kappa shape index (κ1) is 5.56. The lowest BCUT2D eigenvalue weighted by molar-refractivity contribution is -0.131. The molecule has 2 aliphatic rings. The Balaban J connectivity index is 2.15. The van der Waals surface area contributed by atoms with Crippen LogP contribution < -0.4 is 5.32 Å². The van der Waals surface area contributed by atoms with Crippen molar-refractivity contribution in [2.45, 2.75) is 30.5 Å². The van der Waals surface area contributed by atoms with E-state index in [-0.39, 0.29) is 12.1 Å². The fraction of sp³-hybridized carbons (Fsp3) is 1.00. The van der Waals surface area contributed by atoms with E-state index in [1.54, 1.807) is 0 Å². The maximum absolute atomic E-state index is 12.3. The van der Waals surface area contributed by atoms with Crippen molar-refractivity contribution in [1.82, 2.24) is 5.32 Å². The summed E-state index contributed by atoms with van der Waals surface area (Å²) in [5.74, 6) is -2.94. The van der Waals surface area contributed by atoms with Gasteiger partial charge in [0.1, 0.15) is 0 Å². The Bertz CT molecular complexity index is 157. The van der Waals surface area contributed by atoms with E-state index in [1.165, 1.54) is 0 Å². The molecule has 0 bridgehead atoms. The van der Waals surface area contributed by atoms with Crippen molar-refractivity contribution in [3.8, 4) is 0 Å². The third kappa shape index (κ3) is 0.423. The smallest absolute Gasteiger partial charge is 0.276 e. The molecule has 52 valence electrons. The minimum Gasteiger partial charge on any atom is -0.380 e. The molecule has 0 aromatic carbocycles. The lowest BCUT2D eigenvalue weighted by atomic mass is 10.1. The lowest BCUT2D eigenvalue weighted by Gasteiger charge is -2.22. The van der Waals surface area contributed by atoms with Crippen LogP contribution in [0.25, 0.3) is 0 Å². The number of alkyl halides is 2. The second-order valence-corrected chi connectivity index (χ2v) is 2.84. The maximum atomic E-state index is 12.3. The third-order valence-electron chi connectivity index (χ3n) is 2.13. The Morgan fingerprint density at radius 3 is 2.00 bits per heavy atom. The Morgan fingerprint density at radius 1 is 1.56 bits per heavy atom. The molecule has 1 aliphatic carbocycles. The second kappa shape index (κ2) is 1.01. The fourth-order valence-corrected chi connectivity index (χ4v) is 1.22. The van der Waals surface area contributed by atoms with E-state index in [9.17, 15) is 8.78 Å². The predicted octanol–water partition coefficient (Wildman–Crippen LogP) is -0.273. The Hall–Kier alpha value is -0.220. The molecule has 0 aromatic rings. The quantitative estimate of drug-likeness (QED) is 0.486. The molecule has 4 heteroatoms. The molecule has 1 aliphatic heterocycles. The van der Waals surface area contributed by atoms with Crippen molar-refractivity contribution in [3.63, 3.8) is 0 Å². The highest BCUT2D eigenvalue weighted by Crippen LogP contribution is 2.57. The summed E-state index contributed by atoms with van der Waals surface area (Å²) in [6, 6.07) is -0.644. The monoisotopic (exact) mass is 135 g/mol. The summed E-state index contributed by atoms with van der Waals surface area (Å²) in [6.45, 7) is 0.751. The normalized spacial score (nSPS) is 54.7. The summed E-state index contributed by atoms with van der Waals surface area (Å²) in [7, 11) is 0. The number of fused-ring (bicyclic) bond motifs is 1. The number of halogens is 2. The molecule has 0 amide bonds. The van der Waals surface area contributed by atoms with Crippen LogP contribution in [-0.2, 0) is 0 Å². The molecule has 1 saturated carbocycles. The van der Waals surface area contributed by atoms with Gasteiger partial charge in [0.05, 0.1) is 12.1 Å². The van der Waals surface area contributed by atoms with Crippen LogP contribution in [0.3, 0.4) is 0 Å². The van der Waals surface area contributed by atoms with E-state index in [4.69, 9.17) is 5.11 Å². The van der Waals surface area contributed by atoms with Crippen molar-refractivity contribution >= 4 is 0 Å². The van der Waals surface area contributed by atoms with E-state index >= 15 is 0 Å². The van der Waals surface area contributed by atoms with Gasteiger partial charge in [-0.05, 0) is 0 Å². The minimum absolute atomic E-state index is 0.322. The van der Waals surface area contributed by atoms with E-state index in [0.29, 0.717) is 0 Å². The summed E-state index contributed by atoms with van der Waals surface area (Å²) < 4.78 is 24.6. The standard InChI is InChI=1S/C5H7F2NO/c1-4(6,7)5(9)2-3(5)8-2/h2-3,8-9H,1H3/t2-,3?,5?/m1/s1. The van der Waals surface area contributed by atoms with Gasteiger partial charge in [-0.1, -0.05) is 0 Å². The van der Waals surface area contributed by atoms with Crippen molar-refractivity contribution in [2.75, 3.05) is 0 Å². The number of nitrogens with one attached hydrogen (secondary N) is 1. The zero-order chi connectivity index (χ0) is 6.86. The third-order valence-corrected chi connectivity index (χ3v) is 2.13. The molecule has 2 N–H and O–H groups in total. The van der Waals surface area contributed by atoms with Crippen molar-refractivity contribution in [2.24, 2.45) is 0 Å². The van der Waals surface area contributed by atoms with Gasteiger partial charge in [0.2, 0.25) is 0 Å². The highest BCUT2D eigenvalue weighted by molar-refractivity contribution is 5.40. The van der Waals surface area contributed by atoms with E-state index in [0.717, 1.165) is 6.92 Å².